The summed E-state index contributed by atoms with van der Waals surface area (Å²) in [4.78, 5) is 27.1. The van der Waals surface area contributed by atoms with E-state index in [2.05, 4.69) is 29.4 Å². The van der Waals surface area contributed by atoms with E-state index in [4.69, 9.17) is 0 Å². The van der Waals surface area contributed by atoms with Gasteiger partial charge in [-0.15, -0.1) is 0 Å². The second-order valence-electron chi connectivity index (χ2n) is 9.36. The van der Waals surface area contributed by atoms with Gasteiger partial charge in [0.2, 0.25) is 5.91 Å². The van der Waals surface area contributed by atoms with Gasteiger partial charge in [-0.1, -0.05) is 88.6 Å². The number of aromatic nitrogens is 1. The van der Waals surface area contributed by atoms with E-state index < -0.39 is 12.0 Å². The van der Waals surface area contributed by atoms with Gasteiger partial charge in [0.25, 0.3) is 0 Å². The number of aromatic amines is 1. The Kier molecular flexibility index (Phi) is 17.6. The summed E-state index contributed by atoms with van der Waals surface area (Å²) in [5.74, 6) is -1.17. The summed E-state index contributed by atoms with van der Waals surface area (Å²) in [6.45, 7) is 2.25. The van der Waals surface area contributed by atoms with Crippen LogP contribution in [0.5, 0.6) is 0 Å². The summed E-state index contributed by atoms with van der Waals surface area (Å²) in [6.07, 6.45) is 22.9. The minimum atomic E-state index is -0.997. The van der Waals surface area contributed by atoms with Crippen LogP contribution in [-0.4, -0.2) is 57.6 Å². The number of carboxylic acids is 1. The number of hydrogen-bond acceptors (Lipinski definition) is 2. The second-order valence-corrected chi connectivity index (χ2v) is 9.36. The van der Waals surface area contributed by atoms with Crippen molar-refractivity contribution in [2.24, 2.45) is 0 Å². The minimum absolute atomic E-state index is 0. The Bertz CT molecular complexity index is 878. The van der Waals surface area contributed by atoms with Crippen LogP contribution in [0, 0.1) is 0 Å². The van der Waals surface area contributed by atoms with E-state index in [0.717, 1.165) is 42.1 Å². The molecule has 6 heteroatoms. The van der Waals surface area contributed by atoms with E-state index in [0.29, 0.717) is 6.42 Å². The van der Waals surface area contributed by atoms with Gasteiger partial charge >= 0.3 is 35.5 Å². The average molecular weight is 493 g/mol. The number of hydrogen-bond donors (Lipinski definition) is 3. The van der Waals surface area contributed by atoms with E-state index in [1.165, 1.54) is 57.8 Å². The number of rotatable bonds is 19. The van der Waals surface area contributed by atoms with E-state index in [1.54, 1.807) is 0 Å². The van der Waals surface area contributed by atoms with Crippen molar-refractivity contribution in [2.75, 3.05) is 0 Å². The fourth-order valence-electron chi connectivity index (χ4n) is 4.34. The SMILES string of the molecule is CCCCCCCC/C=C\CCCCCCCC(=O)N[C@@H](Cc1c[nH]c2ccccc12)C(=O)O.[NaH]. The second kappa shape index (κ2) is 19.6. The Morgan fingerprint density at radius 2 is 1.51 bits per heavy atom. The average Bonchev–Trinajstić information content (AvgIpc) is 3.24. The van der Waals surface area contributed by atoms with Gasteiger partial charge in [0.1, 0.15) is 6.04 Å². The van der Waals surface area contributed by atoms with Gasteiger partial charge in [0, 0.05) is 29.9 Å². The fourth-order valence-corrected chi connectivity index (χ4v) is 4.34. The van der Waals surface area contributed by atoms with Gasteiger partial charge in [-0.3, -0.25) is 4.79 Å². The van der Waals surface area contributed by atoms with E-state index in [9.17, 15) is 14.7 Å². The molecule has 0 radical (unpaired) electrons. The van der Waals surface area contributed by atoms with Gasteiger partial charge in [0.05, 0.1) is 0 Å². The number of aliphatic carboxylic acids is 1. The Labute approximate surface area is 233 Å². The molecule has 1 atom stereocenters. The first-order valence-corrected chi connectivity index (χ1v) is 13.3. The molecule has 0 fully saturated rings. The molecule has 0 saturated heterocycles. The van der Waals surface area contributed by atoms with Crippen molar-refractivity contribution in [3.05, 3.63) is 48.2 Å². The number of unbranched alkanes of at least 4 members (excludes halogenated alkanes) is 11. The summed E-state index contributed by atoms with van der Waals surface area (Å²) in [6, 6.07) is 6.89. The summed E-state index contributed by atoms with van der Waals surface area (Å²) in [5.41, 5.74) is 1.88. The third-order valence-electron chi connectivity index (χ3n) is 6.40. The van der Waals surface area contributed by atoms with Gasteiger partial charge in [-0.25, -0.2) is 4.79 Å². The zero-order valence-corrected chi connectivity index (χ0v) is 21.0. The number of amides is 1. The molecule has 2 rings (SSSR count). The first kappa shape index (κ1) is 31.5. The zero-order valence-electron chi connectivity index (χ0n) is 21.0. The van der Waals surface area contributed by atoms with Crippen LogP contribution in [0.15, 0.2) is 42.6 Å². The summed E-state index contributed by atoms with van der Waals surface area (Å²) < 4.78 is 0. The molecule has 35 heavy (non-hydrogen) atoms. The molecule has 0 saturated carbocycles. The molecule has 5 nitrogen and oxygen atoms in total. The van der Waals surface area contributed by atoms with Crippen LogP contribution in [0.2, 0.25) is 0 Å². The molecule has 1 amide bonds. The van der Waals surface area contributed by atoms with Crippen molar-refractivity contribution in [1.29, 1.82) is 0 Å². The number of carbonyl (C=O) groups is 2. The molecule has 2 aromatic rings. The first-order chi connectivity index (χ1) is 16.6. The zero-order chi connectivity index (χ0) is 24.4. The van der Waals surface area contributed by atoms with Crippen molar-refractivity contribution < 1.29 is 14.7 Å². The molecule has 0 aliphatic rings. The molecule has 0 bridgehead atoms. The van der Waals surface area contributed by atoms with Crippen molar-refractivity contribution in [1.82, 2.24) is 10.3 Å². The Balaban J connectivity index is 0.00000612. The number of carboxylic acid groups (broad SMARTS) is 1. The van der Waals surface area contributed by atoms with Gasteiger partial charge in [-0.05, 0) is 43.7 Å². The quantitative estimate of drug-likeness (QED) is 0.116. The molecule has 0 aliphatic heterocycles. The molecule has 1 aromatic heterocycles. The topological polar surface area (TPSA) is 82.2 Å². The van der Waals surface area contributed by atoms with Crippen LogP contribution in [-0.2, 0) is 16.0 Å². The molecule has 0 spiro atoms. The van der Waals surface area contributed by atoms with Crippen LogP contribution >= 0.6 is 0 Å². The molecular weight excluding hydrogens is 447 g/mol. The molecule has 1 heterocycles. The molecule has 0 aliphatic carbocycles. The summed E-state index contributed by atoms with van der Waals surface area (Å²) in [5, 5.41) is 13.3. The number of nitrogens with one attached hydrogen (secondary N) is 2. The van der Waals surface area contributed by atoms with E-state index in [1.807, 2.05) is 30.5 Å². The van der Waals surface area contributed by atoms with E-state index >= 15 is 0 Å². The number of carbonyl (C=O) groups excluding carboxylic acids is 1. The van der Waals surface area contributed by atoms with Crippen molar-refractivity contribution in [2.45, 2.75) is 109 Å². The van der Waals surface area contributed by atoms with Crippen LogP contribution in [0.3, 0.4) is 0 Å². The molecule has 3 N–H and O–H groups in total. The first-order valence-electron chi connectivity index (χ1n) is 13.3. The summed E-state index contributed by atoms with van der Waals surface area (Å²) >= 11 is 0. The van der Waals surface area contributed by atoms with Crippen molar-refractivity contribution in [3.63, 3.8) is 0 Å². The maximum atomic E-state index is 12.3. The van der Waals surface area contributed by atoms with Crippen LogP contribution in [0.1, 0.15) is 102 Å². The maximum absolute atomic E-state index is 12.3. The fraction of sp³-hybridized carbons (Fsp3) is 0.586. The molecule has 1 aromatic carbocycles. The Morgan fingerprint density at radius 3 is 2.17 bits per heavy atom. The number of H-pyrrole nitrogens is 1. The monoisotopic (exact) mass is 492 g/mol. The van der Waals surface area contributed by atoms with Gasteiger partial charge in [-0.2, -0.15) is 0 Å². The van der Waals surface area contributed by atoms with Gasteiger partial charge < -0.3 is 15.4 Å². The van der Waals surface area contributed by atoms with Crippen LogP contribution in [0.4, 0.5) is 0 Å². The number of fused-ring (bicyclic) bond motifs is 1. The molecule has 0 unspecified atom stereocenters. The third-order valence-corrected chi connectivity index (χ3v) is 6.40. The summed E-state index contributed by atoms with van der Waals surface area (Å²) in [7, 11) is 0. The predicted octanol–water partition coefficient (Wildman–Crippen LogP) is 6.67. The number of benzene rings is 1. The van der Waals surface area contributed by atoms with Crippen LogP contribution < -0.4 is 5.32 Å². The number of para-hydroxylation sites is 1. The predicted molar refractivity (Wildman–Crippen MR) is 148 cm³/mol. The number of allylic oxidation sites excluding steroid dienone is 2. The molecular formula is C29H45N2NaO3. The third kappa shape index (κ3) is 13.4. The normalized spacial score (nSPS) is 12.0. The Hall–Kier alpha value is -1.56. The molecule has 190 valence electrons. The van der Waals surface area contributed by atoms with Crippen LogP contribution in [0.25, 0.3) is 10.9 Å². The van der Waals surface area contributed by atoms with E-state index in [-0.39, 0.29) is 41.9 Å². The standard InChI is InChI=1S/C29H44N2O3.Na.H/c1-2-3-4-5-6-7-8-9-10-11-12-13-14-15-16-21-28(32)31-27(29(33)34)22-24-23-30-26-20-18-17-19-25(24)26;;/h9-10,17-20,23,27,30H,2-8,11-16,21-22H2,1H3,(H,31,32)(H,33,34);;/b10-9-;;/t27-;;/m0../s1. The van der Waals surface area contributed by atoms with Crippen molar-refractivity contribution in [3.8, 4) is 0 Å². The van der Waals surface area contributed by atoms with Crippen molar-refractivity contribution >= 4 is 52.3 Å². The Morgan fingerprint density at radius 1 is 0.914 bits per heavy atom. The van der Waals surface area contributed by atoms with Gasteiger partial charge in [0.15, 0.2) is 0 Å².